The molecule has 0 fully saturated rings. The molecule has 0 aliphatic carbocycles. The SMILES string of the molecule is CC1Cc2c([nH]c3ncccc23)C(c2c(F)cc(I)cc2F)N1CC(C)(C)F. The van der Waals surface area contributed by atoms with Gasteiger partial charge in [-0.05, 0) is 79.6 Å². The van der Waals surface area contributed by atoms with Crippen molar-refractivity contribution in [3.63, 3.8) is 0 Å². The van der Waals surface area contributed by atoms with Gasteiger partial charge in [0.1, 0.15) is 23.0 Å². The molecule has 2 aromatic heterocycles. The predicted octanol–water partition coefficient (Wildman–Crippen LogP) is 5.53. The van der Waals surface area contributed by atoms with Crippen molar-refractivity contribution in [1.82, 2.24) is 14.9 Å². The molecule has 1 N–H and O–H groups in total. The van der Waals surface area contributed by atoms with E-state index >= 15 is 0 Å². The Labute approximate surface area is 175 Å². The Bertz CT molecular complexity index is 1020. The van der Waals surface area contributed by atoms with Crippen LogP contribution in [0.15, 0.2) is 30.5 Å². The number of halogens is 4. The second kappa shape index (κ2) is 7.02. The van der Waals surface area contributed by atoms with Crippen molar-refractivity contribution >= 4 is 33.6 Å². The molecule has 1 aliphatic heterocycles. The Balaban J connectivity index is 1.98. The Morgan fingerprint density at radius 3 is 2.61 bits per heavy atom. The molecular weight excluding hydrogens is 478 g/mol. The van der Waals surface area contributed by atoms with Crippen LogP contribution in [-0.2, 0) is 6.42 Å². The van der Waals surface area contributed by atoms with E-state index in [0.29, 0.717) is 21.3 Å². The Hall–Kier alpha value is -1.61. The molecule has 0 radical (unpaired) electrons. The molecule has 0 saturated carbocycles. The normalized spacial score (nSPS) is 20.5. The Morgan fingerprint density at radius 1 is 1.29 bits per heavy atom. The highest BCUT2D eigenvalue weighted by Crippen LogP contribution is 2.43. The first-order valence-electron chi connectivity index (χ1n) is 9.20. The number of benzene rings is 1. The third-order valence-electron chi connectivity index (χ3n) is 5.26. The number of aromatic amines is 1. The van der Waals surface area contributed by atoms with Crippen molar-refractivity contribution in [1.29, 1.82) is 0 Å². The maximum Gasteiger partial charge on any atom is 0.137 e. The average Bonchev–Trinajstić information content (AvgIpc) is 2.94. The highest BCUT2D eigenvalue weighted by Gasteiger charge is 2.41. The molecule has 2 unspecified atom stereocenters. The monoisotopic (exact) mass is 499 g/mol. The summed E-state index contributed by atoms with van der Waals surface area (Å²) in [5.41, 5.74) is 0.798. The molecule has 1 aromatic carbocycles. The fourth-order valence-corrected chi connectivity index (χ4v) is 4.74. The van der Waals surface area contributed by atoms with Gasteiger partial charge in [0.05, 0.1) is 6.04 Å². The number of rotatable bonds is 3. The number of hydrogen-bond donors (Lipinski definition) is 1. The number of nitrogens with zero attached hydrogens (tertiary/aromatic N) is 2. The van der Waals surface area contributed by atoms with Crippen LogP contribution in [0, 0.1) is 15.2 Å². The van der Waals surface area contributed by atoms with Crippen molar-refractivity contribution in [2.75, 3.05) is 6.54 Å². The largest absolute Gasteiger partial charge is 0.341 e. The van der Waals surface area contributed by atoms with E-state index < -0.39 is 23.3 Å². The summed E-state index contributed by atoms with van der Waals surface area (Å²) in [7, 11) is 0. The van der Waals surface area contributed by atoms with Gasteiger partial charge in [-0.2, -0.15) is 0 Å². The number of hydrogen-bond acceptors (Lipinski definition) is 2. The van der Waals surface area contributed by atoms with E-state index in [1.165, 1.54) is 26.0 Å². The third-order valence-corrected chi connectivity index (χ3v) is 5.88. The van der Waals surface area contributed by atoms with E-state index in [4.69, 9.17) is 0 Å². The van der Waals surface area contributed by atoms with Crippen LogP contribution >= 0.6 is 22.6 Å². The van der Waals surface area contributed by atoms with Crippen LogP contribution in [0.4, 0.5) is 13.2 Å². The highest BCUT2D eigenvalue weighted by molar-refractivity contribution is 14.1. The first kappa shape index (κ1) is 19.7. The number of pyridine rings is 1. The molecule has 3 heterocycles. The minimum atomic E-state index is -1.51. The summed E-state index contributed by atoms with van der Waals surface area (Å²) >= 11 is 1.89. The van der Waals surface area contributed by atoms with Crippen LogP contribution in [0.5, 0.6) is 0 Å². The maximum absolute atomic E-state index is 15.0. The summed E-state index contributed by atoms with van der Waals surface area (Å²) in [6, 6.07) is 5.59. The molecule has 0 bridgehead atoms. The lowest BCUT2D eigenvalue weighted by molar-refractivity contribution is 0.0642. The van der Waals surface area contributed by atoms with Crippen molar-refractivity contribution < 1.29 is 13.2 Å². The van der Waals surface area contributed by atoms with Gasteiger partial charge >= 0.3 is 0 Å². The van der Waals surface area contributed by atoms with Crippen molar-refractivity contribution in [3.05, 3.63) is 62.5 Å². The quantitative estimate of drug-likeness (QED) is 0.481. The van der Waals surface area contributed by atoms with Crippen LogP contribution in [0.25, 0.3) is 11.0 Å². The summed E-state index contributed by atoms with van der Waals surface area (Å²) in [4.78, 5) is 9.47. The number of H-pyrrole nitrogens is 1. The van der Waals surface area contributed by atoms with Gasteiger partial charge in [-0.3, -0.25) is 4.90 Å². The maximum atomic E-state index is 15.0. The standard InChI is InChI=1S/C21H21F3IN3/c1-11-7-14-13-5-4-6-26-20(13)27-18(14)19(28(11)10-21(2,3)24)17-15(22)8-12(25)9-16(17)23/h4-6,8-9,11,19H,7,10H2,1-3H3,(H,26,27). The van der Waals surface area contributed by atoms with E-state index in [1.54, 1.807) is 6.20 Å². The molecule has 4 rings (SSSR count). The minimum Gasteiger partial charge on any atom is -0.341 e. The molecular formula is C21H21F3IN3. The zero-order valence-electron chi connectivity index (χ0n) is 15.9. The lowest BCUT2D eigenvalue weighted by Crippen LogP contribution is -2.48. The first-order chi connectivity index (χ1) is 13.2. The fraction of sp³-hybridized carbons (Fsp3) is 0.381. The van der Waals surface area contributed by atoms with E-state index in [-0.39, 0.29) is 18.2 Å². The average molecular weight is 499 g/mol. The molecule has 148 valence electrons. The van der Waals surface area contributed by atoms with E-state index in [1.807, 2.05) is 46.5 Å². The fourth-order valence-electron chi connectivity index (χ4n) is 4.19. The lowest BCUT2D eigenvalue weighted by Gasteiger charge is -2.43. The second-order valence-corrected chi connectivity index (χ2v) is 9.29. The number of alkyl halides is 1. The minimum absolute atomic E-state index is 0.0518. The zero-order chi connectivity index (χ0) is 20.2. The van der Waals surface area contributed by atoms with Crippen molar-refractivity contribution in [2.24, 2.45) is 0 Å². The van der Waals surface area contributed by atoms with E-state index in [9.17, 15) is 13.2 Å². The zero-order valence-corrected chi connectivity index (χ0v) is 18.0. The summed E-state index contributed by atoms with van der Waals surface area (Å²) in [5.74, 6) is -1.24. The van der Waals surface area contributed by atoms with Crippen LogP contribution in [0.3, 0.4) is 0 Å². The lowest BCUT2D eigenvalue weighted by atomic mass is 9.87. The third kappa shape index (κ3) is 3.43. The van der Waals surface area contributed by atoms with Gasteiger partial charge in [0, 0.05) is 39.0 Å². The summed E-state index contributed by atoms with van der Waals surface area (Å²) in [5, 5.41) is 0.944. The molecule has 0 amide bonds. The first-order valence-corrected chi connectivity index (χ1v) is 10.3. The van der Waals surface area contributed by atoms with Gasteiger partial charge in [0.2, 0.25) is 0 Å². The van der Waals surface area contributed by atoms with Crippen LogP contribution in [-0.4, -0.2) is 33.1 Å². The van der Waals surface area contributed by atoms with Crippen molar-refractivity contribution in [3.8, 4) is 0 Å². The van der Waals surface area contributed by atoms with Crippen LogP contribution in [0.2, 0.25) is 0 Å². The van der Waals surface area contributed by atoms with Gasteiger partial charge in [0.15, 0.2) is 0 Å². The summed E-state index contributed by atoms with van der Waals surface area (Å²) in [6.07, 6.45) is 2.33. The summed E-state index contributed by atoms with van der Waals surface area (Å²) < 4.78 is 45.1. The summed E-state index contributed by atoms with van der Waals surface area (Å²) in [6.45, 7) is 5.00. The molecule has 2 atom stereocenters. The molecule has 7 heteroatoms. The van der Waals surface area contributed by atoms with Gasteiger partial charge in [0.25, 0.3) is 0 Å². The molecule has 3 nitrogen and oxygen atoms in total. The van der Waals surface area contributed by atoms with Gasteiger partial charge < -0.3 is 4.98 Å². The molecule has 1 aliphatic rings. The number of fused-ring (bicyclic) bond motifs is 3. The topological polar surface area (TPSA) is 31.9 Å². The number of aromatic nitrogens is 2. The van der Waals surface area contributed by atoms with E-state index in [0.717, 1.165) is 10.9 Å². The predicted molar refractivity (Wildman–Crippen MR) is 112 cm³/mol. The van der Waals surface area contributed by atoms with Crippen LogP contribution in [0.1, 0.15) is 43.6 Å². The number of nitrogens with one attached hydrogen (secondary N) is 1. The molecule has 0 saturated heterocycles. The highest BCUT2D eigenvalue weighted by atomic mass is 127. The smallest absolute Gasteiger partial charge is 0.137 e. The Morgan fingerprint density at radius 2 is 1.96 bits per heavy atom. The van der Waals surface area contributed by atoms with Crippen LogP contribution < -0.4 is 0 Å². The van der Waals surface area contributed by atoms with Gasteiger partial charge in [-0.15, -0.1) is 0 Å². The van der Waals surface area contributed by atoms with Gasteiger partial charge in [-0.1, -0.05) is 0 Å². The Kier molecular flexibility index (Phi) is 4.94. The van der Waals surface area contributed by atoms with Crippen molar-refractivity contribution in [2.45, 2.75) is 44.9 Å². The second-order valence-electron chi connectivity index (χ2n) is 8.05. The molecule has 28 heavy (non-hydrogen) atoms. The molecule has 0 spiro atoms. The molecule has 3 aromatic rings. The van der Waals surface area contributed by atoms with Gasteiger partial charge in [-0.25, -0.2) is 18.2 Å². The van der Waals surface area contributed by atoms with E-state index in [2.05, 4.69) is 9.97 Å².